The van der Waals surface area contributed by atoms with Crippen LogP contribution in [0.15, 0.2) is 35.0 Å². The molecule has 0 radical (unpaired) electrons. The largest absolute Gasteiger partial charge is 0.507 e. The Morgan fingerprint density at radius 2 is 2.29 bits per heavy atom. The minimum atomic E-state index is -1.03. The summed E-state index contributed by atoms with van der Waals surface area (Å²) in [4.78, 5) is 14.8. The molecule has 7 heteroatoms. The molecule has 0 aromatic heterocycles. The maximum atomic E-state index is 10.6. The van der Waals surface area contributed by atoms with Gasteiger partial charge in [-0.25, -0.2) is 9.79 Å². The van der Waals surface area contributed by atoms with Crippen molar-refractivity contribution >= 4 is 22.8 Å². The number of aliphatic carboxylic acids is 1. The minimum Gasteiger partial charge on any atom is -0.507 e. The second-order valence-electron chi connectivity index (χ2n) is 4.20. The molecule has 0 atom stereocenters. The van der Waals surface area contributed by atoms with Crippen LogP contribution in [0.4, 0.5) is 0 Å². The fourth-order valence-corrected chi connectivity index (χ4v) is 2.66. The van der Waals surface area contributed by atoms with Crippen LogP contribution in [0.5, 0.6) is 11.5 Å². The molecule has 112 valence electrons. The van der Waals surface area contributed by atoms with Crippen molar-refractivity contribution in [2.24, 2.45) is 4.99 Å². The predicted octanol–water partition coefficient (Wildman–Crippen LogP) is 1.88. The van der Waals surface area contributed by atoms with Gasteiger partial charge in [0.15, 0.2) is 0 Å². The van der Waals surface area contributed by atoms with E-state index in [1.165, 1.54) is 17.8 Å². The Balaban J connectivity index is 2.13. The van der Waals surface area contributed by atoms with E-state index in [9.17, 15) is 9.90 Å². The number of hydrogen-bond donors (Lipinski definition) is 2. The summed E-state index contributed by atoms with van der Waals surface area (Å²) in [5, 5.41) is 19.3. The summed E-state index contributed by atoms with van der Waals surface area (Å²) in [6, 6.07) is 4.94. The number of carboxylic acids is 1. The molecule has 0 saturated carbocycles. The number of carboxylic acid groups (broad SMARTS) is 1. The van der Waals surface area contributed by atoms with Gasteiger partial charge < -0.3 is 19.7 Å². The zero-order valence-electron chi connectivity index (χ0n) is 11.4. The highest BCUT2D eigenvalue weighted by atomic mass is 32.2. The number of phenolic OH excluding ortho intramolecular Hbond substituents is 1. The summed E-state index contributed by atoms with van der Waals surface area (Å²) >= 11 is 1.38. The van der Waals surface area contributed by atoms with Crippen molar-refractivity contribution in [3.8, 4) is 11.5 Å². The van der Waals surface area contributed by atoms with E-state index >= 15 is 0 Å². The molecule has 0 amide bonds. The highest BCUT2D eigenvalue weighted by Crippen LogP contribution is 2.32. The van der Waals surface area contributed by atoms with E-state index < -0.39 is 5.97 Å². The van der Waals surface area contributed by atoms with Gasteiger partial charge in [-0.05, 0) is 12.1 Å². The molecule has 1 aliphatic rings. The number of rotatable bonds is 6. The van der Waals surface area contributed by atoms with Gasteiger partial charge in [0.25, 0.3) is 0 Å². The lowest BCUT2D eigenvalue weighted by Crippen LogP contribution is -2.04. The number of phenols is 1. The van der Waals surface area contributed by atoms with Crippen LogP contribution in [-0.4, -0.2) is 47.3 Å². The average molecular weight is 309 g/mol. The van der Waals surface area contributed by atoms with Crippen LogP contribution in [-0.2, 0) is 9.53 Å². The Hall–Kier alpha value is -1.99. The molecule has 1 aliphatic heterocycles. The molecule has 2 rings (SSSR count). The third kappa shape index (κ3) is 4.24. The van der Waals surface area contributed by atoms with E-state index in [4.69, 9.17) is 14.6 Å². The molecule has 21 heavy (non-hydrogen) atoms. The summed E-state index contributed by atoms with van der Waals surface area (Å²) in [5.41, 5.74) is 1.04. The summed E-state index contributed by atoms with van der Waals surface area (Å²) in [6.07, 6.45) is 1.07. The number of aromatic hydroxyl groups is 1. The maximum Gasteiger partial charge on any atom is 0.330 e. The normalized spacial score (nSPS) is 16.0. The van der Waals surface area contributed by atoms with Crippen LogP contribution in [0.25, 0.3) is 0 Å². The maximum absolute atomic E-state index is 10.6. The van der Waals surface area contributed by atoms with E-state index in [-0.39, 0.29) is 5.75 Å². The van der Waals surface area contributed by atoms with Gasteiger partial charge in [0.1, 0.15) is 23.1 Å². The van der Waals surface area contributed by atoms with Crippen LogP contribution in [0.2, 0.25) is 0 Å². The number of thioether (sulfide) groups is 1. The standard InChI is InChI=1S/C14H15NO5S/c1-19-4-5-20-10-2-3-11(12(16)7-10)14-15-9(8-21-14)6-13(17)18/h2-3,6-7,16H,4-5,8H2,1H3,(H,17,18)/b9-6-. The van der Waals surface area contributed by atoms with E-state index in [0.717, 1.165) is 6.08 Å². The Morgan fingerprint density at radius 1 is 1.48 bits per heavy atom. The molecule has 0 aliphatic carbocycles. The Labute approximate surface area is 126 Å². The van der Waals surface area contributed by atoms with Gasteiger partial charge in [-0.2, -0.15) is 0 Å². The molecule has 0 unspecified atom stereocenters. The molecular formula is C14H15NO5S. The monoisotopic (exact) mass is 309 g/mol. The zero-order valence-corrected chi connectivity index (χ0v) is 12.2. The minimum absolute atomic E-state index is 0.0488. The fraction of sp³-hybridized carbons (Fsp3) is 0.286. The first-order valence-electron chi connectivity index (χ1n) is 6.20. The van der Waals surface area contributed by atoms with E-state index in [0.29, 0.717) is 41.0 Å². The summed E-state index contributed by atoms with van der Waals surface area (Å²) in [6.45, 7) is 0.866. The van der Waals surface area contributed by atoms with Crippen molar-refractivity contribution in [3.05, 3.63) is 35.5 Å². The summed E-state index contributed by atoms with van der Waals surface area (Å²) in [5.74, 6) is 0.0420. The van der Waals surface area contributed by atoms with Crippen molar-refractivity contribution in [2.75, 3.05) is 26.1 Å². The quantitative estimate of drug-likeness (QED) is 0.616. The van der Waals surface area contributed by atoms with Crippen molar-refractivity contribution < 1.29 is 24.5 Å². The summed E-state index contributed by atoms with van der Waals surface area (Å²) < 4.78 is 10.3. The predicted molar refractivity (Wildman–Crippen MR) is 80.2 cm³/mol. The highest BCUT2D eigenvalue weighted by molar-refractivity contribution is 8.14. The molecule has 0 spiro atoms. The second kappa shape index (κ2) is 7.14. The SMILES string of the molecule is COCCOc1ccc(C2=N/C(=C\C(=O)O)CS2)c(O)c1. The molecule has 1 aromatic carbocycles. The van der Waals surface area contributed by atoms with Gasteiger partial charge in [-0.3, -0.25) is 0 Å². The smallest absolute Gasteiger partial charge is 0.330 e. The first-order chi connectivity index (χ1) is 10.1. The second-order valence-corrected chi connectivity index (χ2v) is 5.16. The van der Waals surface area contributed by atoms with Crippen LogP contribution in [0.1, 0.15) is 5.56 Å². The zero-order chi connectivity index (χ0) is 15.2. The Kier molecular flexibility index (Phi) is 5.24. The molecular weight excluding hydrogens is 294 g/mol. The lowest BCUT2D eigenvalue weighted by molar-refractivity contribution is -0.131. The number of ether oxygens (including phenoxy) is 2. The lowest BCUT2D eigenvalue weighted by atomic mass is 10.2. The van der Waals surface area contributed by atoms with Crippen molar-refractivity contribution in [2.45, 2.75) is 0 Å². The Bertz CT molecular complexity index is 597. The van der Waals surface area contributed by atoms with Crippen molar-refractivity contribution in [3.63, 3.8) is 0 Å². The molecule has 0 bridgehead atoms. The van der Waals surface area contributed by atoms with E-state index in [1.54, 1.807) is 19.2 Å². The van der Waals surface area contributed by atoms with Crippen LogP contribution < -0.4 is 4.74 Å². The van der Waals surface area contributed by atoms with Gasteiger partial charge >= 0.3 is 5.97 Å². The van der Waals surface area contributed by atoms with Gasteiger partial charge in [-0.15, -0.1) is 0 Å². The fourth-order valence-electron chi connectivity index (χ4n) is 1.72. The topological polar surface area (TPSA) is 88.4 Å². The highest BCUT2D eigenvalue weighted by Gasteiger charge is 2.18. The number of benzene rings is 1. The van der Waals surface area contributed by atoms with Crippen molar-refractivity contribution in [1.29, 1.82) is 0 Å². The van der Waals surface area contributed by atoms with E-state index in [1.807, 2.05) is 0 Å². The number of carbonyl (C=O) groups is 1. The lowest BCUT2D eigenvalue weighted by Gasteiger charge is -2.08. The van der Waals surface area contributed by atoms with Crippen LogP contribution in [0.3, 0.4) is 0 Å². The third-order valence-electron chi connectivity index (χ3n) is 2.65. The Morgan fingerprint density at radius 3 is 2.95 bits per heavy atom. The van der Waals surface area contributed by atoms with Gasteiger partial charge in [0.2, 0.25) is 0 Å². The number of methoxy groups -OCH3 is 1. The van der Waals surface area contributed by atoms with Crippen molar-refractivity contribution in [1.82, 2.24) is 0 Å². The van der Waals surface area contributed by atoms with Crippen LogP contribution in [0, 0.1) is 0 Å². The number of aliphatic imine (C=N–C) groups is 1. The number of nitrogens with zero attached hydrogens (tertiary/aromatic N) is 1. The molecule has 1 aromatic rings. The van der Waals surface area contributed by atoms with Gasteiger partial charge in [-0.1, -0.05) is 11.8 Å². The molecule has 6 nitrogen and oxygen atoms in total. The van der Waals surface area contributed by atoms with E-state index in [2.05, 4.69) is 4.99 Å². The summed E-state index contributed by atoms with van der Waals surface area (Å²) in [7, 11) is 1.58. The van der Waals surface area contributed by atoms with Gasteiger partial charge in [0, 0.05) is 30.6 Å². The first kappa shape index (κ1) is 15.4. The van der Waals surface area contributed by atoms with Gasteiger partial charge in [0.05, 0.1) is 12.3 Å². The first-order valence-corrected chi connectivity index (χ1v) is 7.19. The molecule has 0 fully saturated rings. The molecule has 1 heterocycles. The average Bonchev–Trinajstić information content (AvgIpc) is 2.86. The molecule has 2 N–H and O–H groups in total. The third-order valence-corrected chi connectivity index (χ3v) is 3.67. The van der Waals surface area contributed by atoms with Crippen LogP contribution >= 0.6 is 11.8 Å². The number of hydrogen-bond acceptors (Lipinski definition) is 6. The molecule has 0 saturated heterocycles.